The summed E-state index contributed by atoms with van der Waals surface area (Å²) in [4.78, 5) is 38.9. The van der Waals surface area contributed by atoms with Crippen molar-refractivity contribution in [2.24, 2.45) is 4.99 Å². The van der Waals surface area contributed by atoms with E-state index in [-0.39, 0.29) is 23.7 Å². The van der Waals surface area contributed by atoms with Gasteiger partial charge in [0.05, 0.1) is 12.2 Å². The molecule has 3 aromatic rings. The molecule has 0 bridgehead atoms. The van der Waals surface area contributed by atoms with Crippen LogP contribution in [-0.2, 0) is 13.1 Å². The molecule has 0 radical (unpaired) electrons. The Labute approximate surface area is 209 Å². The second kappa shape index (κ2) is 10.5. The molecule has 1 amide bonds. The zero-order chi connectivity index (χ0) is 25.8. The van der Waals surface area contributed by atoms with Crippen LogP contribution in [0, 0.1) is 12.4 Å². The number of nitrogens with zero attached hydrogens (tertiary/aromatic N) is 4. The monoisotopic (exact) mass is 484 g/mol. The summed E-state index contributed by atoms with van der Waals surface area (Å²) in [7, 11) is 1.70. The average molecular weight is 485 g/mol. The molecule has 8 heteroatoms. The maximum absolute atomic E-state index is 14.2. The number of amides is 1. The fourth-order valence-corrected chi connectivity index (χ4v) is 4.19. The third kappa shape index (κ3) is 4.73. The Morgan fingerprint density at radius 3 is 2.67 bits per heavy atom. The van der Waals surface area contributed by atoms with Crippen LogP contribution < -0.4 is 4.74 Å². The van der Waals surface area contributed by atoms with E-state index in [9.17, 15) is 14.0 Å². The number of amidine groups is 1. The Hall–Kier alpha value is -4.38. The number of halogens is 1. The predicted molar refractivity (Wildman–Crippen MR) is 135 cm³/mol. The highest BCUT2D eigenvalue weighted by atomic mass is 19.1. The molecule has 0 fully saturated rings. The van der Waals surface area contributed by atoms with E-state index in [0.29, 0.717) is 53.5 Å². The fourth-order valence-electron chi connectivity index (χ4n) is 4.19. The van der Waals surface area contributed by atoms with Crippen molar-refractivity contribution in [3.8, 4) is 16.9 Å². The van der Waals surface area contributed by atoms with Gasteiger partial charge in [0.1, 0.15) is 18.1 Å². The van der Waals surface area contributed by atoms with Gasteiger partial charge in [0.15, 0.2) is 5.78 Å². The summed E-state index contributed by atoms with van der Waals surface area (Å²) in [6.45, 7) is 11.9. The summed E-state index contributed by atoms with van der Waals surface area (Å²) in [6, 6.07) is 9.49. The molecule has 4 rings (SSSR count). The van der Waals surface area contributed by atoms with Gasteiger partial charge in [0, 0.05) is 54.7 Å². The number of carbonyl (C=O) groups is 2. The van der Waals surface area contributed by atoms with Gasteiger partial charge in [-0.1, -0.05) is 19.6 Å². The van der Waals surface area contributed by atoms with Crippen LogP contribution in [0.4, 0.5) is 4.39 Å². The number of benzene rings is 2. The number of rotatable bonds is 8. The largest absolute Gasteiger partial charge is 0.493 e. The van der Waals surface area contributed by atoms with Gasteiger partial charge in [-0.05, 0) is 48.4 Å². The van der Waals surface area contributed by atoms with E-state index in [1.165, 1.54) is 12.1 Å². The van der Waals surface area contributed by atoms with Crippen molar-refractivity contribution in [1.29, 1.82) is 0 Å². The Morgan fingerprint density at radius 2 is 1.94 bits per heavy atom. The van der Waals surface area contributed by atoms with Crippen molar-refractivity contribution in [2.45, 2.75) is 33.4 Å². The van der Waals surface area contributed by atoms with Crippen molar-refractivity contribution in [1.82, 2.24) is 9.88 Å². The molecule has 2 aromatic carbocycles. The fraction of sp³-hybridized carbons (Fsp3) is 0.250. The molecule has 0 aliphatic carbocycles. The Morgan fingerprint density at radius 1 is 1.14 bits per heavy atom. The zero-order valence-corrected chi connectivity index (χ0v) is 20.3. The third-order valence-electron chi connectivity index (χ3n) is 6.06. The molecular weight excluding hydrogens is 459 g/mol. The maximum Gasteiger partial charge on any atom is 0.273 e. The highest BCUT2D eigenvalue weighted by molar-refractivity contribution is 6.08. The van der Waals surface area contributed by atoms with Crippen LogP contribution in [-0.4, -0.2) is 41.1 Å². The first-order chi connectivity index (χ1) is 17.4. The van der Waals surface area contributed by atoms with Crippen molar-refractivity contribution < 1.29 is 18.7 Å². The minimum Gasteiger partial charge on any atom is -0.493 e. The third-order valence-corrected chi connectivity index (χ3v) is 6.06. The second-order valence-electron chi connectivity index (χ2n) is 8.35. The van der Waals surface area contributed by atoms with Crippen molar-refractivity contribution in [2.75, 3.05) is 13.7 Å². The van der Waals surface area contributed by atoms with Gasteiger partial charge in [0.25, 0.3) is 11.7 Å². The number of aromatic nitrogens is 1. The molecule has 0 saturated carbocycles. The smallest absolute Gasteiger partial charge is 0.273 e. The van der Waals surface area contributed by atoms with Crippen LogP contribution in [0.2, 0.25) is 0 Å². The van der Waals surface area contributed by atoms with E-state index in [1.807, 2.05) is 6.92 Å². The standard InChI is InChI=1S/C28H25FN4O3/c1-5-25(34)21-11-17(8-10-24(21)29)20-9-7-18(12-26(20)36-6-2)28(35)33(4)16-19-13-31-14-23-22(19)15-32-27(23)30-3/h7-14H,5-6,15-16H2,1-2,4H3. The molecule has 1 aromatic heterocycles. The molecule has 36 heavy (non-hydrogen) atoms. The van der Waals surface area contributed by atoms with Crippen LogP contribution in [0.15, 0.2) is 53.8 Å². The Balaban J connectivity index is 1.62. The minimum absolute atomic E-state index is 0.0340. The van der Waals surface area contributed by atoms with E-state index in [2.05, 4.69) is 14.8 Å². The number of ether oxygens (including phenoxy) is 1. The lowest BCUT2D eigenvalue weighted by Crippen LogP contribution is -2.27. The second-order valence-corrected chi connectivity index (χ2v) is 8.35. The van der Waals surface area contributed by atoms with E-state index in [0.717, 1.165) is 11.1 Å². The van der Waals surface area contributed by atoms with E-state index in [4.69, 9.17) is 11.3 Å². The van der Waals surface area contributed by atoms with E-state index in [1.54, 1.807) is 55.5 Å². The minimum atomic E-state index is -0.562. The molecule has 2 heterocycles. The highest BCUT2D eigenvalue weighted by Gasteiger charge is 2.23. The molecule has 182 valence electrons. The lowest BCUT2D eigenvalue weighted by atomic mass is 9.98. The molecule has 0 unspecified atom stereocenters. The van der Waals surface area contributed by atoms with Crippen LogP contribution in [0.3, 0.4) is 0 Å². The molecule has 7 nitrogen and oxygen atoms in total. The molecule has 0 atom stereocenters. The van der Waals surface area contributed by atoms with Crippen molar-refractivity contribution >= 4 is 17.5 Å². The number of carbonyl (C=O) groups excluding carboxylic acids is 2. The summed E-state index contributed by atoms with van der Waals surface area (Å²) in [5.41, 5.74) is 4.22. The number of hydrogen-bond acceptors (Lipinski definition) is 5. The lowest BCUT2D eigenvalue weighted by molar-refractivity contribution is 0.0784. The van der Waals surface area contributed by atoms with Gasteiger partial charge in [-0.15, -0.1) is 0 Å². The summed E-state index contributed by atoms with van der Waals surface area (Å²) in [5, 5.41) is 0. The van der Waals surface area contributed by atoms with Crippen LogP contribution in [0.5, 0.6) is 5.75 Å². The first-order valence-electron chi connectivity index (χ1n) is 11.6. The molecule has 0 N–H and O–H groups in total. The van der Waals surface area contributed by atoms with Crippen molar-refractivity contribution in [3.63, 3.8) is 0 Å². The first kappa shape index (κ1) is 24.7. The average Bonchev–Trinajstić information content (AvgIpc) is 3.32. The number of ketones is 1. The first-order valence-corrected chi connectivity index (χ1v) is 11.6. The van der Waals surface area contributed by atoms with Gasteiger partial charge >= 0.3 is 0 Å². The van der Waals surface area contributed by atoms with Crippen molar-refractivity contribution in [3.05, 3.63) is 93.8 Å². The molecular formula is C28H25FN4O3. The van der Waals surface area contributed by atoms with Gasteiger partial charge in [-0.3, -0.25) is 14.6 Å². The molecule has 0 spiro atoms. The van der Waals surface area contributed by atoms with Crippen LogP contribution in [0.1, 0.15) is 57.7 Å². The van der Waals surface area contributed by atoms with Gasteiger partial charge < -0.3 is 14.5 Å². The lowest BCUT2D eigenvalue weighted by Gasteiger charge is -2.20. The molecule has 1 aliphatic heterocycles. The normalized spacial score (nSPS) is 11.9. The maximum atomic E-state index is 14.2. The van der Waals surface area contributed by atoms with Gasteiger partial charge in [0.2, 0.25) is 0 Å². The molecule has 0 saturated heterocycles. The Bertz CT molecular complexity index is 1420. The van der Waals surface area contributed by atoms with Gasteiger partial charge in [-0.25, -0.2) is 4.39 Å². The number of pyridine rings is 1. The topological polar surface area (TPSA) is 76.2 Å². The molecule has 1 aliphatic rings. The summed E-state index contributed by atoms with van der Waals surface area (Å²) in [5.74, 6) is -0.250. The number of fused-ring (bicyclic) bond motifs is 1. The highest BCUT2D eigenvalue weighted by Crippen LogP contribution is 2.33. The zero-order valence-electron chi connectivity index (χ0n) is 20.3. The number of aliphatic imine (C=N–C) groups is 1. The summed E-state index contributed by atoms with van der Waals surface area (Å²) >= 11 is 0. The Kier molecular flexibility index (Phi) is 7.20. The predicted octanol–water partition coefficient (Wildman–Crippen LogP) is 5.33. The van der Waals surface area contributed by atoms with Crippen LogP contribution >= 0.6 is 0 Å². The SMILES string of the molecule is [C-]#[N+]C1=NCc2c(CN(C)C(=O)c3ccc(-c4ccc(F)c(C(=O)CC)c4)c(OCC)c3)cncc21. The van der Waals surface area contributed by atoms with Gasteiger partial charge in [-0.2, -0.15) is 4.99 Å². The summed E-state index contributed by atoms with van der Waals surface area (Å²) < 4.78 is 20.0. The van der Waals surface area contributed by atoms with E-state index >= 15 is 0 Å². The quantitative estimate of drug-likeness (QED) is 0.320. The van der Waals surface area contributed by atoms with Crippen LogP contribution in [0.25, 0.3) is 16.0 Å². The summed E-state index contributed by atoms with van der Waals surface area (Å²) in [6.07, 6.45) is 3.53. The number of Topliss-reactive ketones (excluding diaryl/α,β-unsaturated/α-hetero) is 1. The number of hydrogen-bond donors (Lipinski definition) is 0. The van der Waals surface area contributed by atoms with E-state index < -0.39 is 5.82 Å².